The number of ketones is 1. The summed E-state index contributed by atoms with van der Waals surface area (Å²) < 4.78 is 41.2. The number of pyridine rings is 1. The third kappa shape index (κ3) is 3.63. The van der Waals surface area contributed by atoms with E-state index in [0.717, 1.165) is 18.3 Å². The first-order chi connectivity index (χ1) is 13.5. The number of hydrogen-bond acceptors (Lipinski definition) is 5. The second-order valence-corrected chi connectivity index (χ2v) is 6.35. The fraction of sp³-hybridized carbons (Fsp3) is 0.222. The lowest BCUT2D eigenvalue weighted by molar-refractivity contribution is -0.287. The number of carboxylic acids is 1. The van der Waals surface area contributed by atoms with Crippen molar-refractivity contribution in [1.82, 2.24) is 15.6 Å². The van der Waals surface area contributed by atoms with Crippen LogP contribution >= 0.6 is 0 Å². The summed E-state index contributed by atoms with van der Waals surface area (Å²) in [5.41, 5.74) is -4.20. The molecule has 1 aliphatic heterocycles. The molecular formula is C18H14F3N3O5. The third-order valence-electron chi connectivity index (χ3n) is 4.55. The number of aromatic nitrogens is 1. The number of aliphatic hydroxyl groups is 1. The number of halogens is 3. The topological polar surface area (TPSA) is 129 Å². The SMILES string of the molecule is O=C1N[C@H](c2ccc(C(=O)O)cc2)[C@H](C(=O)c2cccnc2)[C@](O)(C(F)(F)F)N1. The Labute approximate surface area is 161 Å². The van der Waals surface area contributed by atoms with E-state index in [-0.39, 0.29) is 16.7 Å². The highest BCUT2D eigenvalue weighted by molar-refractivity contribution is 6.00. The van der Waals surface area contributed by atoms with Gasteiger partial charge < -0.3 is 20.8 Å². The minimum absolute atomic E-state index is 0.00904. The number of aromatic carboxylic acids is 1. The zero-order valence-electron chi connectivity index (χ0n) is 14.5. The predicted octanol–water partition coefficient (Wildman–Crippen LogP) is 1.88. The van der Waals surface area contributed by atoms with Gasteiger partial charge in [-0.1, -0.05) is 12.1 Å². The van der Waals surface area contributed by atoms with Crippen LogP contribution in [0.15, 0.2) is 48.8 Å². The molecule has 0 bridgehead atoms. The van der Waals surface area contributed by atoms with Gasteiger partial charge in [-0.3, -0.25) is 9.78 Å². The van der Waals surface area contributed by atoms with Gasteiger partial charge in [0, 0.05) is 18.0 Å². The summed E-state index contributed by atoms with van der Waals surface area (Å²) in [7, 11) is 0. The lowest BCUT2D eigenvalue weighted by Crippen LogP contribution is -2.72. The van der Waals surface area contributed by atoms with E-state index in [4.69, 9.17) is 5.11 Å². The van der Waals surface area contributed by atoms with Gasteiger partial charge in [0.05, 0.1) is 11.6 Å². The van der Waals surface area contributed by atoms with Crippen LogP contribution in [-0.2, 0) is 0 Å². The van der Waals surface area contributed by atoms with Gasteiger partial charge in [-0.15, -0.1) is 0 Å². The Bertz CT molecular complexity index is 949. The molecule has 29 heavy (non-hydrogen) atoms. The van der Waals surface area contributed by atoms with Crippen molar-refractivity contribution in [2.75, 3.05) is 0 Å². The monoisotopic (exact) mass is 409 g/mol. The van der Waals surface area contributed by atoms with Crippen molar-refractivity contribution in [3.63, 3.8) is 0 Å². The van der Waals surface area contributed by atoms with Gasteiger partial charge >= 0.3 is 18.2 Å². The number of hydrogen-bond donors (Lipinski definition) is 4. The number of Topliss-reactive ketones (excluding diaryl/α,β-unsaturated/α-hetero) is 1. The summed E-state index contributed by atoms with van der Waals surface area (Å²) in [6.45, 7) is 0. The number of nitrogens with zero attached hydrogens (tertiary/aromatic N) is 1. The molecule has 0 unspecified atom stereocenters. The van der Waals surface area contributed by atoms with E-state index in [1.54, 1.807) is 0 Å². The number of amides is 2. The number of nitrogens with one attached hydrogen (secondary N) is 2. The van der Waals surface area contributed by atoms with Crippen LogP contribution in [0.3, 0.4) is 0 Å². The van der Waals surface area contributed by atoms with Gasteiger partial charge in [-0.05, 0) is 29.8 Å². The number of carbonyl (C=O) groups excluding carboxylic acids is 2. The molecule has 0 spiro atoms. The fourth-order valence-electron chi connectivity index (χ4n) is 3.14. The fourth-order valence-corrected chi connectivity index (χ4v) is 3.14. The van der Waals surface area contributed by atoms with Crippen LogP contribution in [0.25, 0.3) is 0 Å². The van der Waals surface area contributed by atoms with Crippen molar-refractivity contribution in [1.29, 1.82) is 0 Å². The van der Waals surface area contributed by atoms with Crippen LogP contribution in [0, 0.1) is 5.92 Å². The highest BCUT2D eigenvalue weighted by Crippen LogP contribution is 2.43. The van der Waals surface area contributed by atoms with E-state index >= 15 is 0 Å². The summed E-state index contributed by atoms with van der Waals surface area (Å²) in [6.07, 6.45) is -3.03. The highest BCUT2D eigenvalue weighted by Gasteiger charge is 2.66. The molecule has 4 N–H and O–H groups in total. The molecule has 3 rings (SSSR count). The molecule has 152 valence electrons. The van der Waals surface area contributed by atoms with Crippen molar-refractivity contribution in [3.8, 4) is 0 Å². The lowest BCUT2D eigenvalue weighted by Gasteiger charge is -2.45. The summed E-state index contributed by atoms with van der Waals surface area (Å²) in [5.74, 6) is -4.58. The molecule has 0 saturated carbocycles. The van der Waals surface area contributed by atoms with Crippen LogP contribution in [0.2, 0.25) is 0 Å². The molecule has 2 amide bonds. The van der Waals surface area contributed by atoms with Crippen molar-refractivity contribution in [2.24, 2.45) is 5.92 Å². The number of carboxylic acid groups (broad SMARTS) is 1. The molecule has 11 heteroatoms. The van der Waals surface area contributed by atoms with E-state index in [9.17, 15) is 32.7 Å². The first-order valence-corrected chi connectivity index (χ1v) is 8.20. The molecule has 1 aromatic carbocycles. The van der Waals surface area contributed by atoms with Gasteiger partial charge in [0.1, 0.15) is 5.92 Å². The van der Waals surface area contributed by atoms with Crippen molar-refractivity contribution >= 4 is 17.8 Å². The molecule has 8 nitrogen and oxygen atoms in total. The van der Waals surface area contributed by atoms with Gasteiger partial charge in [0.2, 0.25) is 5.72 Å². The Hall–Kier alpha value is -3.47. The van der Waals surface area contributed by atoms with Crippen molar-refractivity contribution < 1.29 is 37.8 Å². The van der Waals surface area contributed by atoms with Crippen LogP contribution in [-0.4, -0.2) is 44.9 Å². The van der Waals surface area contributed by atoms with Gasteiger partial charge in [0.15, 0.2) is 5.78 Å². The average Bonchev–Trinajstić information content (AvgIpc) is 2.67. The highest BCUT2D eigenvalue weighted by atomic mass is 19.4. The molecule has 0 radical (unpaired) electrons. The Kier molecular flexibility index (Phi) is 5.01. The zero-order chi connectivity index (χ0) is 21.4. The molecule has 2 aromatic rings. The number of rotatable bonds is 4. The summed E-state index contributed by atoms with van der Waals surface area (Å²) >= 11 is 0. The first kappa shape index (κ1) is 20.3. The molecule has 1 saturated heterocycles. The second kappa shape index (κ2) is 7.17. The van der Waals surface area contributed by atoms with E-state index in [0.29, 0.717) is 0 Å². The van der Waals surface area contributed by atoms with Gasteiger partial charge in [-0.25, -0.2) is 9.59 Å². The molecule has 0 aliphatic carbocycles. The number of benzene rings is 1. The first-order valence-electron chi connectivity index (χ1n) is 8.20. The van der Waals surface area contributed by atoms with E-state index in [2.05, 4.69) is 10.3 Å². The second-order valence-electron chi connectivity index (χ2n) is 6.35. The summed E-state index contributed by atoms with van der Waals surface area (Å²) in [6, 6.07) is 4.20. The zero-order valence-corrected chi connectivity index (χ0v) is 14.5. The molecule has 2 heterocycles. The number of alkyl halides is 3. The standard InChI is InChI=1S/C18H14F3N3O5/c19-18(20,21)17(29)12(14(25)11-2-1-7-22-8-11)13(23-16(28)24-17)9-3-5-10(6-4-9)15(26)27/h1-8,12-13,29H,(H,26,27)(H2,23,24,28)/t12-,13-,17+/m1/s1. The van der Waals surface area contributed by atoms with Crippen molar-refractivity contribution in [2.45, 2.75) is 17.9 Å². The van der Waals surface area contributed by atoms with Crippen LogP contribution in [0.4, 0.5) is 18.0 Å². The predicted molar refractivity (Wildman–Crippen MR) is 90.9 cm³/mol. The van der Waals surface area contributed by atoms with E-state index in [1.807, 2.05) is 0 Å². The summed E-state index contributed by atoms with van der Waals surface area (Å²) in [4.78, 5) is 39.5. The molecule has 1 aromatic heterocycles. The molecule has 1 fully saturated rings. The average molecular weight is 409 g/mol. The van der Waals surface area contributed by atoms with Crippen LogP contribution < -0.4 is 10.6 Å². The van der Waals surface area contributed by atoms with E-state index in [1.165, 1.54) is 35.8 Å². The maximum atomic E-state index is 13.7. The van der Waals surface area contributed by atoms with Crippen LogP contribution in [0.1, 0.15) is 32.3 Å². The Balaban J connectivity index is 2.14. The normalized spacial score (nSPS) is 24.3. The minimum Gasteiger partial charge on any atom is -0.478 e. The van der Waals surface area contributed by atoms with Gasteiger partial charge in [-0.2, -0.15) is 13.2 Å². The summed E-state index contributed by atoms with van der Waals surface area (Å²) in [5, 5.41) is 23.0. The van der Waals surface area contributed by atoms with Crippen molar-refractivity contribution in [3.05, 3.63) is 65.5 Å². The maximum absolute atomic E-state index is 13.7. The molecule has 3 atom stereocenters. The third-order valence-corrected chi connectivity index (χ3v) is 4.55. The Morgan fingerprint density at radius 1 is 1.10 bits per heavy atom. The van der Waals surface area contributed by atoms with E-state index < -0.39 is 41.6 Å². The quantitative estimate of drug-likeness (QED) is 0.571. The molecular weight excluding hydrogens is 395 g/mol. The van der Waals surface area contributed by atoms with Gasteiger partial charge in [0.25, 0.3) is 0 Å². The largest absolute Gasteiger partial charge is 0.478 e. The smallest absolute Gasteiger partial charge is 0.437 e. The number of urea groups is 1. The maximum Gasteiger partial charge on any atom is 0.437 e. The lowest BCUT2D eigenvalue weighted by atomic mass is 9.77. The minimum atomic E-state index is -5.38. The Morgan fingerprint density at radius 3 is 2.28 bits per heavy atom. The van der Waals surface area contributed by atoms with Crippen LogP contribution in [0.5, 0.6) is 0 Å². The number of carbonyl (C=O) groups is 3. The molecule has 1 aliphatic rings. The Morgan fingerprint density at radius 2 is 1.76 bits per heavy atom.